The molecule has 0 radical (unpaired) electrons. The molecule has 0 unspecified atom stereocenters. The van der Waals surface area contributed by atoms with E-state index in [1.165, 1.54) is 10.4 Å². The molecular formula is C24H31N5OS. The van der Waals surface area contributed by atoms with E-state index < -0.39 is 0 Å². The van der Waals surface area contributed by atoms with Gasteiger partial charge in [-0.05, 0) is 25.3 Å². The number of aryl methyl sites for hydroxylation is 1. The molecule has 1 aromatic carbocycles. The monoisotopic (exact) mass is 437 g/mol. The molecule has 7 heteroatoms. The van der Waals surface area contributed by atoms with E-state index in [-0.39, 0.29) is 5.91 Å². The molecule has 1 amide bonds. The number of fused-ring (bicyclic) bond motifs is 1. The first-order chi connectivity index (χ1) is 14.9. The third-order valence-corrected chi connectivity index (χ3v) is 6.71. The summed E-state index contributed by atoms with van der Waals surface area (Å²) in [5.74, 6) is 0.491. The fourth-order valence-electron chi connectivity index (χ4n) is 4.12. The zero-order valence-electron chi connectivity index (χ0n) is 18.8. The summed E-state index contributed by atoms with van der Waals surface area (Å²) >= 11 is 1.60. The minimum Gasteiger partial charge on any atom is -0.302 e. The van der Waals surface area contributed by atoms with Crippen LogP contribution < -0.4 is 5.32 Å². The van der Waals surface area contributed by atoms with E-state index >= 15 is 0 Å². The van der Waals surface area contributed by atoms with Gasteiger partial charge in [-0.1, -0.05) is 44.2 Å². The molecule has 3 heterocycles. The summed E-state index contributed by atoms with van der Waals surface area (Å²) in [6.07, 6.45) is 1.26. The normalized spacial score (nSPS) is 14.1. The van der Waals surface area contributed by atoms with Gasteiger partial charge in [0.1, 0.15) is 0 Å². The number of nitrogens with zero attached hydrogens (tertiary/aromatic N) is 4. The number of hydrogen-bond donors (Lipinski definition) is 1. The molecule has 0 aliphatic carbocycles. The lowest BCUT2D eigenvalue weighted by molar-refractivity contribution is -0.115. The maximum absolute atomic E-state index is 12.7. The van der Waals surface area contributed by atoms with Crippen LogP contribution in [0.5, 0.6) is 0 Å². The minimum absolute atomic E-state index is 0.0254. The summed E-state index contributed by atoms with van der Waals surface area (Å²) in [6, 6.07) is 10.6. The summed E-state index contributed by atoms with van der Waals surface area (Å²) in [5.41, 5.74) is 5.49. The van der Waals surface area contributed by atoms with Gasteiger partial charge in [-0.15, -0.1) is 11.3 Å². The molecule has 0 spiro atoms. The Kier molecular flexibility index (Phi) is 6.53. The Balaban J connectivity index is 1.38. The average Bonchev–Trinajstić information content (AvgIpc) is 3.23. The van der Waals surface area contributed by atoms with Crippen LogP contribution in [0.25, 0.3) is 0 Å². The number of anilines is 1. The zero-order chi connectivity index (χ0) is 22.0. The van der Waals surface area contributed by atoms with Gasteiger partial charge in [0, 0.05) is 48.7 Å². The van der Waals surface area contributed by atoms with Crippen LogP contribution in [-0.4, -0.2) is 32.1 Å². The Labute approximate surface area is 188 Å². The van der Waals surface area contributed by atoms with Crippen molar-refractivity contribution in [3.8, 4) is 0 Å². The van der Waals surface area contributed by atoms with Crippen molar-refractivity contribution in [2.45, 2.75) is 60.2 Å². The van der Waals surface area contributed by atoms with E-state index in [9.17, 15) is 4.79 Å². The van der Waals surface area contributed by atoms with Crippen LogP contribution in [0, 0.1) is 19.8 Å². The van der Waals surface area contributed by atoms with E-state index in [4.69, 9.17) is 4.98 Å². The van der Waals surface area contributed by atoms with Crippen molar-refractivity contribution in [2.75, 3.05) is 11.9 Å². The highest BCUT2D eigenvalue weighted by molar-refractivity contribution is 7.15. The number of carbonyl (C=O) groups is 1. The van der Waals surface area contributed by atoms with Gasteiger partial charge in [0.25, 0.3) is 0 Å². The Hall–Kier alpha value is -2.51. The van der Waals surface area contributed by atoms with Crippen molar-refractivity contribution in [3.05, 3.63) is 63.4 Å². The highest BCUT2D eigenvalue weighted by Crippen LogP contribution is 2.29. The van der Waals surface area contributed by atoms with Crippen LogP contribution in [0.2, 0.25) is 0 Å². The first-order valence-electron chi connectivity index (χ1n) is 11.0. The molecule has 0 bridgehead atoms. The van der Waals surface area contributed by atoms with Crippen molar-refractivity contribution in [1.29, 1.82) is 0 Å². The van der Waals surface area contributed by atoms with Gasteiger partial charge < -0.3 is 5.32 Å². The van der Waals surface area contributed by atoms with Crippen molar-refractivity contribution in [1.82, 2.24) is 19.7 Å². The summed E-state index contributed by atoms with van der Waals surface area (Å²) < 4.78 is 2.02. The van der Waals surface area contributed by atoms with Crippen LogP contribution in [-0.2, 0) is 37.3 Å². The Bertz CT molecular complexity index is 1050. The third-order valence-electron chi connectivity index (χ3n) is 5.71. The fraction of sp³-hybridized carbons (Fsp3) is 0.458. The molecule has 2 aromatic heterocycles. The maximum Gasteiger partial charge on any atom is 0.230 e. The van der Waals surface area contributed by atoms with E-state index in [0.717, 1.165) is 55.2 Å². The van der Waals surface area contributed by atoms with Gasteiger partial charge in [-0.3, -0.25) is 14.4 Å². The summed E-state index contributed by atoms with van der Waals surface area (Å²) in [4.78, 5) is 21.1. The second kappa shape index (κ2) is 9.32. The smallest absolute Gasteiger partial charge is 0.230 e. The highest BCUT2D eigenvalue weighted by Gasteiger charge is 2.22. The van der Waals surface area contributed by atoms with E-state index in [1.807, 2.05) is 17.7 Å². The largest absolute Gasteiger partial charge is 0.302 e. The Morgan fingerprint density at radius 3 is 2.74 bits per heavy atom. The number of benzene rings is 1. The lowest BCUT2D eigenvalue weighted by Crippen LogP contribution is -2.29. The Morgan fingerprint density at radius 2 is 2.00 bits per heavy atom. The lowest BCUT2D eigenvalue weighted by Gasteiger charge is -2.25. The molecule has 6 nitrogen and oxygen atoms in total. The van der Waals surface area contributed by atoms with Gasteiger partial charge >= 0.3 is 0 Å². The van der Waals surface area contributed by atoms with Gasteiger partial charge in [0.2, 0.25) is 5.91 Å². The number of carbonyl (C=O) groups excluding carboxylic acids is 1. The predicted octanol–water partition coefficient (Wildman–Crippen LogP) is 4.35. The number of hydrogen-bond acceptors (Lipinski definition) is 5. The third kappa shape index (κ3) is 5.22. The van der Waals surface area contributed by atoms with Crippen molar-refractivity contribution >= 4 is 22.4 Å². The number of amides is 1. The predicted molar refractivity (Wildman–Crippen MR) is 125 cm³/mol. The van der Waals surface area contributed by atoms with E-state index in [0.29, 0.717) is 17.5 Å². The molecule has 3 aromatic rings. The van der Waals surface area contributed by atoms with Gasteiger partial charge in [0.15, 0.2) is 5.13 Å². The van der Waals surface area contributed by atoms with Crippen LogP contribution in [0.15, 0.2) is 30.3 Å². The molecular weight excluding hydrogens is 406 g/mol. The van der Waals surface area contributed by atoms with Gasteiger partial charge in [0.05, 0.1) is 17.8 Å². The van der Waals surface area contributed by atoms with Crippen LogP contribution in [0.1, 0.15) is 46.9 Å². The SMILES string of the molecule is Cc1nn(CC(C)C)c(C)c1CC(=O)Nc1nc2c(s1)CN(Cc1ccccc1)CC2. The van der Waals surface area contributed by atoms with Crippen LogP contribution in [0.3, 0.4) is 0 Å². The van der Waals surface area contributed by atoms with E-state index in [1.54, 1.807) is 11.3 Å². The summed E-state index contributed by atoms with van der Waals surface area (Å²) in [7, 11) is 0. The molecule has 0 saturated heterocycles. The molecule has 164 valence electrons. The molecule has 0 saturated carbocycles. The first kappa shape index (κ1) is 21.7. The van der Waals surface area contributed by atoms with E-state index in [2.05, 4.69) is 60.4 Å². The van der Waals surface area contributed by atoms with Gasteiger partial charge in [-0.25, -0.2) is 4.98 Å². The molecule has 4 rings (SSSR count). The first-order valence-corrected chi connectivity index (χ1v) is 11.8. The average molecular weight is 438 g/mol. The summed E-state index contributed by atoms with van der Waals surface area (Å²) in [6.45, 7) is 12.1. The van der Waals surface area contributed by atoms with Crippen molar-refractivity contribution in [3.63, 3.8) is 0 Å². The molecule has 1 N–H and O–H groups in total. The number of rotatable bonds is 7. The molecule has 31 heavy (non-hydrogen) atoms. The number of aromatic nitrogens is 3. The van der Waals surface area contributed by atoms with Crippen LogP contribution in [0.4, 0.5) is 5.13 Å². The summed E-state index contributed by atoms with van der Waals surface area (Å²) in [5, 5.41) is 8.36. The van der Waals surface area contributed by atoms with Gasteiger partial charge in [-0.2, -0.15) is 5.10 Å². The Morgan fingerprint density at radius 1 is 1.23 bits per heavy atom. The fourth-order valence-corrected chi connectivity index (χ4v) is 5.18. The molecule has 0 atom stereocenters. The molecule has 1 aliphatic rings. The maximum atomic E-state index is 12.7. The number of nitrogens with one attached hydrogen (secondary N) is 1. The quantitative estimate of drug-likeness (QED) is 0.597. The molecule has 0 fully saturated rings. The minimum atomic E-state index is -0.0254. The van der Waals surface area contributed by atoms with Crippen LogP contribution >= 0.6 is 11.3 Å². The van der Waals surface area contributed by atoms with Crippen molar-refractivity contribution in [2.24, 2.45) is 5.92 Å². The highest BCUT2D eigenvalue weighted by atomic mass is 32.1. The number of thiazole rings is 1. The standard InChI is InChI=1S/C24H31N5OS/c1-16(2)13-29-18(4)20(17(3)27-29)12-23(30)26-24-25-21-10-11-28(15-22(21)31-24)14-19-8-6-5-7-9-19/h5-9,16H,10-15H2,1-4H3,(H,25,26,30). The topological polar surface area (TPSA) is 63.1 Å². The second-order valence-electron chi connectivity index (χ2n) is 8.79. The lowest BCUT2D eigenvalue weighted by atomic mass is 10.1. The zero-order valence-corrected chi connectivity index (χ0v) is 19.6. The second-order valence-corrected chi connectivity index (χ2v) is 9.87. The molecule has 1 aliphatic heterocycles. The van der Waals surface area contributed by atoms with Crippen molar-refractivity contribution < 1.29 is 4.79 Å².